The Labute approximate surface area is 186 Å². The van der Waals surface area contributed by atoms with Gasteiger partial charge in [-0.3, -0.25) is 4.79 Å². The van der Waals surface area contributed by atoms with Crippen LogP contribution < -0.4 is 0 Å². The molecule has 0 N–H and O–H groups in total. The van der Waals surface area contributed by atoms with E-state index in [9.17, 15) is 4.79 Å². The smallest absolute Gasteiger partial charge is 0.257 e. The van der Waals surface area contributed by atoms with Gasteiger partial charge in [0.25, 0.3) is 5.89 Å². The molecule has 5 rings (SSSR count). The van der Waals surface area contributed by atoms with E-state index < -0.39 is 6.10 Å². The van der Waals surface area contributed by atoms with Crippen LogP contribution in [-0.2, 0) is 16.0 Å². The second-order valence-electron chi connectivity index (χ2n) is 8.36. The summed E-state index contributed by atoms with van der Waals surface area (Å²) in [7, 11) is 0. The van der Waals surface area contributed by atoms with Crippen LogP contribution in [0.2, 0.25) is 0 Å². The Morgan fingerprint density at radius 2 is 2.00 bits per heavy atom. The van der Waals surface area contributed by atoms with Crippen LogP contribution >= 0.6 is 0 Å². The average Bonchev–Trinajstić information content (AvgIpc) is 3.42. The van der Waals surface area contributed by atoms with Crippen LogP contribution in [0, 0.1) is 20.8 Å². The number of morpholine rings is 1. The third-order valence-electron chi connectivity index (χ3n) is 5.96. The van der Waals surface area contributed by atoms with Crippen LogP contribution in [-0.4, -0.2) is 40.6 Å². The molecule has 1 fully saturated rings. The second kappa shape index (κ2) is 8.24. The van der Waals surface area contributed by atoms with E-state index in [1.165, 1.54) is 0 Å². The summed E-state index contributed by atoms with van der Waals surface area (Å²) >= 11 is 0. The third kappa shape index (κ3) is 3.80. The van der Waals surface area contributed by atoms with Gasteiger partial charge in [-0.2, -0.15) is 4.98 Å². The Hall–Kier alpha value is -3.45. The van der Waals surface area contributed by atoms with Crippen molar-refractivity contribution in [3.63, 3.8) is 0 Å². The summed E-state index contributed by atoms with van der Waals surface area (Å²) in [5.74, 6) is 0.946. The van der Waals surface area contributed by atoms with E-state index in [0.29, 0.717) is 31.4 Å². The highest BCUT2D eigenvalue weighted by atomic mass is 16.5. The van der Waals surface area contributed by atoms with Crippen molar-refractivity contribution in [1.82, 2.24) is 15.0 Å². The van der Waals surface area contributed by atoms with Crippen molar-refractivity contribution >= 4 is 16.9 Å². The lowest BCUT2D eigenvalue weighted by Crippen LogP contribution is -2.43. The minimum Gasteiger partial charge on any atom is -0.464 e. The predicted molar refractivity (Wildman–Crippen MR) is 119 cm³/mol. The van der Waals surface area contributed by atoms with Crippen molar-refractivity contribution in [2.45, 2.75) is 33.3 Å². The normalized spacial score (nSPS) is 16.6. The minimum absolute atomic E-state index is 0.0274. The first kappa shape index (κ1) is 20.5. The van der Waals surface area contributed by atoms with Gasteiger partial charge in [-0.15, -0.1) is 0 Å². The van der Waals surface area contributed by atoms with E-state index in [0.717, 1.165) is 38.8 Å². The Balaban J connectivity index is 1.31. The molecule has 0 unspecified atom stereocenters. The van der Waals surface area contributed by atoms with Crippen LogP contribution in [0.5, 0.6) is 0 Å². The first-order valence-electron chi connectivity index (χ1n) is 10.8. The van der Waals surface area contributed by atoms with Gasteiger partial charge < -0.3 is 18.6 Å². The molecule has 4 aromatic rings. The number of hydrogen-bond donors (Lipinski definition) is 0. The standard InChI is InChI=1S/C25H25N3O4/c1-15-10-17(3)23-18(14-31-20(23)11-15)12-22(29)28-8-9-30-21(13-28)25-26-24(27-32-25)19-7-5-4-6-16(19)2/h4-7,10-11,14,21H,8-9,12-13H2,1-3H3/t21-/m0/s1. The fraction of sp³-hybridized carbons (Fsp3) is 0.320. The molecule has 1 saturated heterocycles. The molecule has 3 heterocycles. The fourth-order valence-corrected chi connectivity index (χ4v) is 4.36. The first-order chi connectivity index (χ1) is 15.5. The molecule has 2 aromatic heterocycles. The van der Waals surface area contributed by atoms with Crippen LogP contribution in [0.15, 0.2) is 51.6 Å². The Bertz CT molecular complexity index is 1290. The van der Waals surface area contributed by atoms with Crippen LogP contribution in [0.1, 0.15) is 34.2 Å². The molecule has 0 radical (unpaired) electrons. The molecule has 7 heteroatoms. The van der Waals surface area contributed by atoms with Gasteiger partial charge in [0.1, 0.15) is 5.58 Å². The number of aromatic nitrogens is 2. The Morgan fingerprint density at radius 1 is 1.16 bits per heavy atom. The number of fused-ring (bicyclic) bond motifs is 1. The van der Waals surface area contributed by atoms with Gasteiger partial charge in [-0.25, -0.2) is 0 Å². The molecule has 0 spiro atoms. The molecule has 1 aliphatic rings. The number of nitrogens with zero attached hydrogens (tertiary/aromatic N) is 3. The molecule has 1 aliphatic heterocycles. The van der Waals surface area contributed by atoms with Gasteiger partial charge in [0, 0.05) is 23.1 Å². The van der Waals surface area contributed by atoms with Crippen LogP contribution in [0.4, 0.5) is 0 Å². The van der Waals surface area contributed by atoms with Crippen molar-refractivity contribution in [3.05, 3.63) is 70.8 Å². The van der Waals surface area contributed by atoms with Crippen LogP contribution in [0.3, 0.4) is 0 Å². The topological polar surface area (TPSA) is 81.6 Å². The predicted octanol–water partition coefficient (Wildman–Crippen LogP) is 4.55. The number of carbonyl (C=O) groups excluding carboxylic acids is 1. The minimum atomic E-state index is -0.441. The molecule has 1 atom stereocenters. The number of rotatable bonds is 4. The summed E-state index contributed by atoms with van der Waals surface area (Å²) in [5.41, 5.74) is 5.97. The van der Waals surface area contributed by atoms with Gasteiger partial charge in [-0.1, -0.05) is 35.5 Å². The number of benzene rings is 2. The summed E-state index contributed by atoms with van der Waals surface area (Å²) < 4.78 is 17.1. The van der Waals surface area contributed by atoms with E-state index in [4.69, 9.17) is 13.7 Å². The van der Waals surface area contributed by atoms with Crippen molar-refractivity contribution in [2.24, 2.45) is 0 Å². The SMILES string of the molecule is Cc1cc(C)c2c(CC(=O)N3CCO[C@H](c4nc(-c5ccccc5C)no4)C3)coc2c1. The number of furan rings is 1. The lowest BCUT2D eigenvalue weighted by Gasteiger charge is -2.31. The first-order valence-corrected chi connectivity index (χ1v) is 10.8. The summed E-state index contributed by atoms with van der Waals surface area (Å²) in [5, 5.41) is 5.14. The van der Waals surface area contributed by atoms with Gasteiger partial charge in [0.15, 0.2) is 6.10 Å². The number of ether oxygens (including phenoxy) is 1. The largest absolute Gasteiger partial charge is 0.464 e. The van der Waals surface area contributed by atoms with E-state index in [-0.39, 0.29) is 12.3 Å². The molecule has 0 bridgehead atoms. The number of hydrogen-bond acceptors (Lipinski definition) is 6. The summed E-state index contributed by atoms with van der Waals surface area (Å²) in [4.78, 5) is 19.4. The quantitative estimate of drug-likeness (QED) is 0.471. The molecule has 0 saturated carbocycles. The lowest BCUT2D eigenvalue weighted by atomic mass is 10.0. The van der Waals surface area contributed by atoms with E-state index in [1.807, 2.05) is 51.1 Å². The zero-order valence-corrected chi connectivity index (χ0v) is 18.4. The molecule has 1 amide bonds. The summed E-state index contributed by atoms with van der Waals surface area (Å²) in [6.07, 6.45) is 1.53. The van der Waals surface area contributed by atoms with E-state index >= 15 is 0 Å². The molecule has 0 aliphatic carbocycles. The maximum Gasteiger partial charge on any atom is 0.257 e. The van der Waals surface area contributed by atoms with Crippen molar-refractivity contribution in [2.75, 3.05) is 19.7 Å². The maximum absolute atomic E-state index is 13.1. The van der Waals surface area contributed by atoms with Gasteiger partial charge in [0.2, 0.25) is 11.7 Å². The lowest BCUT2D eigenvalue weighted by molar-refractivity contribution is -0.139. The van der Waals surface area contributed by atoms with Crippen LogP contribution in [0.25, 0.3) is 22.4 Å². The van der Waals surface area contributed by atoms with Crippen molar-refractivity contribution in [1.29, 1.82) is 0 Å². The highest BCUT2D eigenvalue weighted by molar-refractivity contribution is 5.90. The van der Waals surface area contributed by atoms with Crippen molar-refractivity contribution in [3.8, 4) is 11.4 Å². The average molecular weight is 431 g/mol. The summed E-state index contributed by atoms with van der Waals surface area (Å²) in [6.45, 7) is 7.42. The number of amides is 1. The summed E-state index contributed by atoms with van der Waals surface area (Å²) in [6, 6.07) is 12.0. The maximum atomic E-state index is 13.1. The van der Waals surface area contributed by atoms with E-state index in [2.05, 4.69) is 16.2 Å². The monoisotopic (exact) mass is 431 g/mol. The number of aryl methyl sites for hydroxylation is 3. The Kier molecular flexibility index (Phi) is 5.27. The zero-order valence-electron chi connectivity index (χ0n) is 18.4. The number of carbonyl (C=O) groups is 1. The zero-order chi connectivity index (χ0) is 22.2. The molecular formula is C25H25N3O4. The third-order valence-corrected chi connectivity index (χ3v) is 5.96. The Morgan fingerprint density at radius 3 is 2.84 bits per heavy atom. The highest BCUT2D eigenvalue weighted by Gasteiger charge is 2.30. The molecule has 2 aromatic carbocycles. The van der Waals surface area contributed by atoms with Crippen molar-refractivity contribution < 1.29 is 18.5 Å². The molecular weight excluding hydrogens is 406 g/mol. The molecule has 32 heavy (non-hydrogen) atoms. The second-order valence-corrected chi connectivity index (χ2v) is 8.36. The van der Waals surface area contributed by atoms with Gasteiger partial charge in [0.05, 0.1) is 25.8 Å². The fourth-order valence-electron chi connectivity index (χ4n) is 4.36. The highest BCUT2D eigenvalue weighted by Crippen LogP contribution is 2.29. The molecule has 7 nitrogen and oxygen atoms in total. The van der Waals surface area contributed by atoms with E-state index in [1.54, 1.807) is 11.2 Å². The molecule has 164 valence electrons. The van der Waals surface area contributed by atoms with Gasteiger partial charge >= 0.3 is 0 Å². The van der Waals surface area contributed by atoms with Gasteiger partial charge in [-0.05, 0) is 43.5 Å².